The van der Waals surface area contributed by atoms with Crippen LogP contribution in [0.25, 0.3) is 6.08 Å². The fourth-order valence-corrected chi connectivity index (χ4v) is 6.46. The molecule has 1 saturated heterocycles. The van der Waals surface area contributed by atoms with Gasteiger partial charge in [-0.15, -0.1) is 0 Å². The van der Waals surface area contributed by atoms with E-state index in [1.165, 1.54) is 11.8 Å². The average molecular weight is 813 g/mol. The molecule has 1 fully saturated rings. The summed E-state index contributed by atoms with van der Waals surface area (Å²) in [5, 5.41) is 5.06. The molecule has 0 unspecified atom stereocenters. The summed E-state index contributed by atoms with van der Waals surface area (Å²) in [5.41, 5.74) is 2.47. The Balaban J connectivity index is 1.41. The van der Waals surface area contributed by atoms with E-state index in [-0.39, 0.29) is 18.4 Å². The number of aliphatic imine (C=N–C) groups is 1. The Morgan fingerprint density at radius 3 is 2.29 bits per heavy atom. The Labute approximate surface area is 297 Å². The molecule has 0 aromatic heterocycles. The van der Waals surface area contributed by atoms with E-state index in [0.717, 1.165) is 0 Å². The second-order valence-corrected chi connectivity index (χ2v) is 13.2. The number of carbonyl (C=O) groups excluding carboxylic acids is 2. The van der Waals surface area contributed by atoms with E-state index < -0.39 is 0 Å². The first-order valence-electron chi connectivity index (χ1n) is 13.3. The normalized spacial score (nSPS) is 14.7. The minimum Gasteiger partial charge on any atom is -0.490 e. The van der Waals surface area contributed by atoms with Gasteiger partial charge in [0.1, 0.15) is 0 Å². The van der Waals surface area contributed by atoms with Crippen molar-refractivity contribution in [3.05, 3.63) is 113 Å². The predicted octanol–water partition coefficient (Wildman–Crippen LogP) is 10.1. The first kappa shape index (κ1) is 33.4. The van der Waals surface area contributed by atoms with Gasteiger partial charge in [0.25, 0.3) is 11.8 Å². The standard InChI is InChI=1S/C32H22Cl4IN3O4S/c1-2-43-27-14-18(13-26(37)30(27)44-17-29(41)38-22-9-12-24(35)25(36)16-22)15-28-31(42)40(23-10-5-20(34)6-11-23)32(45-28)39-21-7-3-19(33)4-8-21/h3-16H,2,17H2,1H3,(H,38,41)/b28-15+,39-32?. The van der Waals surface area contributed by atoms with E-state index in [1.54, 1.807) is 83.8 Å². The quantitative estimate of drug-likeness (QED) is 0.135. The van der Waals surface area contributed by atoms with Crippen molar-refractivity contribution in [1.82, 2.24) is 0 Å². The lowest BCUT2D eigenvalue weighted by Crippen LogP contribution is -2.28. The van der Waals surface area contributed by atoms with Crippen LogP contribution in [0.1, 0.15) is 12.5 Å². The van der Waals surface area contributed by atoms with Gasteiger partial charge in [-0.3, -0.25) is 14.5 Å². The van der Waals surface area contributed by atoms with Gasteiger partial charge in [-0.2, -0.15) is 0 Å². The van der Waals surface area contributed by atoms with Crippen molar-refractivity contribution < 1.29 is 19.1 Å². The van der Waals surface area contributed by atoms with Crippen molar-refractivity contribution in [3.63, 3.8) is 0 Å². The molecule has 2 amide bonds. The zero-order chi connectivity index (χ0) is 32.1. The minimum atomic E-state index is -0.388. The number of hydrogen-bond acceptors (Lipinski definition) is 6. The molecule has 0 radical (unpaired) electrons. The third-order valence-electron chi connectivity index (χ3n) is 6.12. The van der Waals surface area contributed by atoms with Crippen LogP contribution in [0.2, 0.25) is 20.1 Å². The van der Waals surface area contributed by atoms with Crippen LogP contribution in [0.3, 0.4) is 0 Å². The van der Waals surface area contributed by atoms with Crippen molar-refractivity contribution in [2.24, 2.45) is 4.99 Å². The summed E-state index contributed by atoms with van der Waals surface area (Å²) in [4.78, 5) is 33.1. The maximum atomic E-state index is 13.8. The molecule has 13 heteroatoms. The summed E-state index contributed by atoms with van der Waals surface area (Å²) >= 11 is 27.5. The van der Waals surface area contributed by atoms with E-state index in [2.05, 4.69) is 27.9 Å². The number of hydrogen-bond donors (Lipinski definition) is 1. The zero-order valence-electron chi connectivity index (χ0n) is 23.3. The number of benzene rings is 4. The molecular formula is C32H22Cl4IN3O4S. The highest BCUT2D eigenvalue weighted by Gasteiger charge is 2.35. The lowest BCUT2D eigenvalue weighted by atomic mass is 10.1. The second kappa shape index (κ2) is 15.1. The number of amidine groups is 1. The summed E-state index contributed by atoms with van der Waals surface area (Å²) in [7, 11) is 0. The number of ether oxygens (including phenoxy) is 2. The van der Waals surface area contributed by atoms with Crippen LogP contribution in [-0.4, -0.2) is 30.2 Å². The van der Waals surface area contributed by atoms with Crippen LogP contribution in [0.15, 0.2) is 88.8 Å². The lowest BCUT2D eigenvalue weighted by Gasteiger charge is -2.16. The predicted molar refractivity (Wildman–Crippen MR) is 194 cm³/mol. The SMILES string of the molecule is CCOc1cc(/C=C2/SC(=Nc3ccc(Cl)cc3)N(c3ccc(Cl)cc3)C2=O)cc(I)c1OCC(=O)Nc1ccc(Cl)c(Cl)c1. The highest BCUT2D eigenvalue weighted by molar-refractivity contribution is 14.1. The van der Waals surface area contributed by atoms with E-state index >= 15 is 0 Å². The smallest absolute Gasteiger partial charge is 0.271 e. The maximum Gasteiger partial charge on any atom is 0.271 e. The fourth-order valence-electron chi connectivity index (χ4n) is 4.13. The minimum absolute atomic E-state index is 0.248. The van der Waals surface area contributed by atoms with Gasteiger partial charge in [-0.05, 0) is 132 Å². The number of rotatable bonds is 9. The summed E-state index contributed by atoms with van der Waals surface area (Å²) in [6.07, 6.45) is 1.77. The molecule has 1 aliphatic heterocycles. The average Bonchev–Trinajstić information content (AvgIpc) is 3.30. The first-order chi connectivity index (χ1) is 21.6. The highest BCUT2D eigenvalue weighted by atomic mass is 127. The molecule has 0 atom stereocenters. The van der Waals surface area contributed by atoms with Crippen LogP contribution in [0.4, 0.5) is 17.1 Å². The van der Waals surface area contributed by atoms with E-state index in [1.807, 2.05) is 13.0 Å². The Bertz CT molecular complexity index is 1820. The van der Waals surface area contributed by atoms with Gasteiger partial charge in [0.15, 0.2) is 23.3 Å². The number of thioether (sulfide) groups is 1. The number of halogens is 5. The van der Waals surface area contributed by atoms with Crippen molar-refractivity contribution in [2.75, 3.05) is 23.4 Å². The van der Waals surface area contributed by atoms with Crippen molar-refractivity contribution in [2.45, 2.75) is 6.92 Å². The van der Waals surface area contributed by atoms with Crippen LogP contribution >= 0.6 is 80.8 Å². The van der Waals surface area contributed by atoms with Gasteiger partial charge in [-0.1, -0.05) is 46.4 Å². The molecule has 4 aromatic rings. The van der Waals surface area contributed by atoms with Crippen LogP contribution in [0, 0.1) is 3.57 Å². The Hall–Kier alpha value is -2.93. The first-order valence-corrected chi connectivity index (χ1v) is 16.7. The van der Waals surface area contributed by atoms with Crippen molar-refractivity contribution in [3.8, 4) is 11.5 Å². The molecular weight excluding hydrogens is 791 g/mol. The molecule has 1 N–H and O–H groups in total. The fraction of sp³-hybridized carbons (Fsp3) is 0.0938. The number of nitrogens with zero attached hydrogens (tertiary/aromatic N) is 2. The molecule has 1 heterocycles. The molecule has 0 saturated carbocycles. The number of nitrogens with one attached hydrogen (secondary N) is 1. The molecule has 7 nitrogen and oxygen atoms in total. The summed E-state index contributed by atoms with van der Waals surface area (Å²) < 4.78 is 12.4. The van der Waals surface area contributed by atoms with E-state index in [9.17, 15) is 9.59 Å². The Morgan fingerprint density at radius 2 is 1.62 bits per heavy atom. The molecule has 4 aromatic carbocycles. The number of amides is 2. The van der Waals surface area contributed by atoms with Crippen molar-refractivity contribution in [1.29, 1.82) is 0 Å². The van der Waals surface area contributed by atoms with Gasteiger partial charge in [0.2, 0.25) is 0 Å². The van der Waals surface area contributed by atoms with Gasteiger partial charge in [0, 0.05) is 15.7 Å². The second-order valence-electron chi connectivity index (χ2n) is 9.33. The molecule has 230 valence electrons. The maximum absolute atomic E-state index is 13.8. The topological polar surface area (TPSA) is 80.2 Å². The van der Waals surface area contributed by atoms with Gasteiger partial charge >= 0.3 is 0 Å². The van der Waals surface area contributed by atoms with Crippen molar-refractivity contribution >= 4 is 121 Å². The van der Waals surface area contributed by atoms with Gasteiger partial charge in [0.05, 0.1) is 36.5 Å². The largest absolute Gasteiger partial charge is 0.490 e. The highest BCUT2D eigenvalue weighted by Crippen LogP contribution is 2.40. The zero-order valence-corrected chi connectivity index (χ0v) is 29.3. The molecule has 5 rings (SSSR count). The lowest BCUT2D eigenvalue weighted by molar-refractivity contribution is -0.118. The molecule has 45 heavy (non-hydrogen) atoms. The van der Waals surface area contributed by atoms with E-state index in [4.69, 9.17) is 60.9 Å². The molecule has 0 bridgehead atoms. The molecule has 0 aliphatic carbocycles. The van der Waals surface area contributed by atoms with E-state index in [0.29, 0.717) is 74.5 Å². The number of anilines is 2. The third kappa shape index (κ3) is 8.46. The molecule has 0 spiro atoms. The third-order valence-corrected chi connectivity index (χ3v) is 9.14. The Morgan fingerprint density at radius 1 is 0.933 bits per heavy atom. The van der Waals surface area contributed by atoms with Crippen LogP contribution in [-0.2, 0) is 9.59 Å². The summed E-state index contributed by atoms with van der Waals surface area (Å²) in [5.74, 6) is 0.198. The monoisotopic (exact) mass is 811 g/mol. The van der Waals surface area contributed by atoms with Gasteiger partial charge in [-0.25, -0.2) is 4.99 Å². The van der Waals surface area contributed by atoms with Crippen LogP contribution in [0.5, 0.6) is 11.5 Å². The van der Waals surface area contributed by atoms with Crippen LogP contribution < -0.4 is 19.7 Å². The van der Waals surface area contributed by atoms with Gasteiger partial charge < -0.3 is 14.8 Å². The summed E-state index contributed by atoms with van der Waals surface area (Å²) in [6.45, 7) is 1.93. The molecule has 1 aliphatic rings. The number of carbonyl (C=O) groups is 2. The Kier molecular flexibility index (Phi) is 11.2. The summed E-state index contributed by atoms with van der Waals surface area (Å²) in [6, 6.07) is 22.4.